The van der Waals surface area contributed by atoms with Gasteiger partial charge in [-0.1, -0.05) is 45.6 Å². The van der Waals surface area contributed by atoms with Gasteiger partial charge in [-0.3, -0.25) is 0 Å². The van der Waals surface area contributed by atoms with Crippen LogP contribution in [0, 0.1) is 0 Å². The number of aryl methyl sites for hydroxylation is 1. The van der Waals surface area contributed by atoms with Crippen molar-refractivity contribution in [2.75, 3.05) is 12.4 Å². The Labute approximate surface area is 87.9 Å². The van der Waals surface area contributed by atoms with E-state index in [2.05, 4.69) is 37.0 Å². The van der Waals surface area contributed by atoms with E-state index in [1.54, 1.807) is 0 Å². The minimum absolute atomic E-state index is 1.05. The Morgan fingerprint density at radius 3 is 2.43 bits per heavy atom. The summed E-state index contributed by atoms with van der Waals surface area (Å²) in [5.74, 6) is 0. The van der Waals surface area contributed by atoms with E-state index in [1.165, 1.54) is 11.1 Å². The summed E-state index contributed by atoms with van der Waals surface area (Å²) in [6, 6.07) is 6.27. The summed E-state index contributed by atoms with van der Waals surface area (Å²) in [7, 11) is 1.93. The normalized spacial score (nSPS) is 8.57. The van der Waals surface area contributed by atoms with Gasteiger partial charge >= 0.3 is 0 Å². The van der Waals surface area contributed by atoms with Gasteiger partial charge in [0.2, 0.25) is 0 Å². The molecule has 0 spiro atoms. The average Bonchev–Trinajstić information content (AvgIpc) is 2.30. The van der Waals surface area contributed by atoms with Crippen LogP contribution in [0.2, 0.25) is 0 Å². The predicted octanol–water partition coefficient (Wildman–Crippen LogP) is 3.96. The molecular weight excluding hydrogens is 170 g/mol. The van der Waals surface area contributed by atoms with Crippen LogP contribution < -0.4 is 5.32 Å². The highest BCUT2D eigenvalue weighted by molar-refractivity contribution is 5.68. The Morgan fingerprint density at radius 2 is 2.00 bits per heavy atom. The van der Waals surface area contributed by atoms with Crippen molar-refractivity contribution in [3.05, 3.63) is 35.9 Å². The third-order valence-corrected chi connectivity index (χ3v) is 2.05. The molecule has 1 aromatic rings. The zero-order chi connectivity index (χ0) is 11.0. The van der Waals surface area contributed by atoms with Crippen LogP contribution in [0.4, 0.5) is 5.69 Å². The van der Waals surface area contributed by atoms with Crippen molar-refractivity contribution in [3.8, 4) is 0 Å². The van der Waals surface area contributed by atoms with Gasteiger partial charge in [0, 0.05) is 18.3 Å². The van der Waals surface area contributed by atoms with Crippen LogP contribution in [0.1, 0.15) is 31.9 Å². The van der Waals surface area contributed by atoms with E-state index >= 15 is 0 Å². The van der Waals surface area contributed by atoms with Crippen molar-refractivity contribution >= 4 is 11.8 Å². The van der Waals surface area contributed by atoms with Crippen molar-refractivity contribution in [2.24, 2.45) is 0 Å². The first-order valence-electron chi connectivity index (χ1n) is 5.25. The van der Waals surface area contributed by atoms with E-state index in [-0.39, 0.29) is 0 Å². The maximum absolute atomic E-state index is 3.81. The standard InChI is InChI=1S/C11H15N.C2H6/c1-4-9-7-6-8-11(12-3)10(9)5-2;1-2/h5-8,12H,2,4H2,1,3H3;1-2H3. The monoisotopic (exact) mass is 191 g/mol. The third-order valence-electron chi connectivity index (χ3n) is 2.05. The zero-order valence-corrected chi connectivity index (χ0v) is 9.72. The fourth-order valence-electron chi connectivity index (χ4n) is 1.38. The summed E-state index contributed by atoms with van der Waals surface area (Å²) >= 11 is 0. The lowest BCUT2D eigenvalue weighted by Crippen LogP contribution is -1.94. The molecule has 0 saturated heterocycles. The Morgan fingerprint density at radius 1 is 1.36 bits per heavy atom. The summed E-state index contributed by atoms with van der Waals surface area (Å²) in [5.41, 5.74) is 3.73. The van der Waals surface area contributed by atoms with Gasteiger partial charge in [0.05, 0.1) is 0 Å². The molecule has 1 nitrogen and oxygen atoms in total. The lowest BCUT2D eigenvalue weighted by molar-refractivity contribution is 1.13. The van der Waals surface area contributed by atoms with Gasteiger partial charge in [-0.15, -0.1) is 0 Å². The number of benzene rings is 1. The van der Waals surface area contributed by atoms with Crippen molar-refractivity contribution in [3.63, 3.8) is 0 Å². The van der Waals surface area contributed by atoms with Crippen molar-refractivity contribution < 1.29 is 0 Å². The van der Waals surface area contributed by atoms with E-state index < -0.39 is 0 Å². The Balaban J connectivity index is 0.000000791. The topological polar surface area (TPSA) is 12.0 Å². The summed E-state index contributed by atoms with van der Waals surface area (Å²) in [6.45, 7) is 9.96. The molecule has 0 unspecified atom stereocenters. The molecule has 0 bridgehead atoms. The molecule has 14 heavy (non-hydrogen) atoms. The molecule has 1 N–H and O–H groups in total. The second-order valence-electron chi connectivity index (χ2n) is 2.69. The predicted molar refractivity (Wildman–Crippen MR) is 66.8 cm³/mol. The molecule has 1 heteroatoms. The van der Waals surface area contributed by atoms with Crippen LogP contribution in [-0.2, 0) is 6.42 Å². The Bertz CT molecular complexity index is 254. The summed E-state index contributed by atoms with van der Waals surface area (Å²) in [6.07, 6.45) is 2.96. The Hall–Kier alpha value is -1.24. The minimum Gasteiger partial charge on any atom is -0.388 e. The summed E-state index contributed by atoms with van der Waals surface area (Å²) in [5, 5.41) is 3.15. The number of rotatable bonds is 3. The molecule has 0 amide bonds. The first-order valence-corrected chi connectivity index (χ1v) is 5.25. The zero-order valence-electron chi connectivity index (χ0n) is 9.72. The molecule has 0 saturated carbocycles. The van der Waals surface area contributed by atoms with Crippen LogP contribution in [0.5, 0.6) is 0 Å². The molecule has 0 aliphatic rings. The fourth-order valence-corrected chi connectivity index (χ4v) is 1.38. The molecule has 0 aromatic heterocycles. The highest BCUT2D eigenvalue weighted by Gasteiger charge is 2.00. The van der Waals surface area contributed by atoms with Gasteiger partial charge < -0.3 is 5.32 Å². The van der Waals surface area contributed by atoms with Crippen LogP contribution in [0.15, 0.2) is 24.8 Å². The van der Waals surface area contributed by atoms with Crippen molar-refractivity contribution in [1.29, 1.82) is 0 Å². The lowest BCUT2D eigenvalue weighted by atomic mass is 10.0. The number of nitrogens with one attached hydrogen (secondary N) is 1. The number of hydrogen-bond donors (Lipinski definition) is 1. The van der Waals surface area contributed by atoms with Gasteiger partial charge in [0.1, 0.15) is 0 Å². The molecule has 0 radical (unpaired) electrons. The first kappa shape index (κ1) is 12.8. The molecule has 1 aromatic carbocycles. The molecule has 0 aliphatic heterocycles. The average molecular weight is 191 g/mol. The first-order chi connectivity index (χ1) is 6.83. The lowest BCUT2D eigenvalue weighted by Gasteiger charge is -2.09. The van der Waals surface area contributed by atoms with Crippen LogP contribution in [-0.4, -0.2) is 7.05 Å². The maximum atomic E-state index is 3.81. The molecule has 0 atom stereocenters. The molecular formula is C13H21N. The fraction of sp³-hybridized carbons (Fsp3) is 0.385. The van der Waals surface area contributed by atoms with Crippen LogP contribution >= 0.6 is 0 Å². The van der Waals surface area contributed by atoms with E-state index in [0.717, 1.165) is 12.1 Å². The van der Waals surface area contributed by atoms with Gasteiger partial charge in [-0.05, 0) is 18.1 Å². The number of anilines is 1. The van der Waals surface area contributed by atoms with Gasteiger partial charge in [-0.2, -0.15) is 0 Å². The largest absolute Gasteiger partial charge is 0.388 e. The Kier molecular flexibility index (Phi) is 6.55. The van der Waals surface area contributed by atoms with Crippen LogP contribution in [0.25, 0.3) is 6.08 Å². The molecule has 1 rings (SSSR count). The second kappa shape index (κ2) is 7.19. The third kappa shape index (κ3) is 2.91. The molecule has 0 aliphatic carbocycles. The highest BCUT2D eigenvalue weighted by atomic mass is 14.8. The van der Waals surface area contributed by atoms with E-state index in [0.29, 0.717) is 0 Å². The van der Waals surface area contributed by atoms with Crippen molar-refractivity contribution in [2.45, 2.75) is 27.2 Å². The molecule has 78 valence electrons. The van der Waals surface area contributed by atoms with Gasteiger partial charge in [0.15, 0.2) is 0 Å². The number of hydrogen-bond acceptors (Lipinski definition) is 1. The molecule has 0 fully saturated rings. The highest BCUT2D eigenvalue weighted by Crippen LogP contribution is 2.20. The van der Waals surface area contributed by atoms with Crippen LogP contribution in [0.3, 0.4) is 0 Å². The summed E-state index contributed by atoms with van der Waals surface area (Å²) < 4.78 is 0. The van der Waals surface area contributed by atoms with Gasteiger partial charge in [-0.25, -0.2) is 0 Å². The minimum atomic E-state index is 1.05. The van der Waals surface area contributed by atoms with E-state index in [4.69, 9.17) is 0 Å². The smallest absolute Gasteiger partial charge is 0.0413 e. The summed E-state index contributed by atoms with van der Waals surface area (Å²) in [4.78, 5) is 0. The van der Waals surface area contributed by atoms with E-state index in [9.17, 15) is 0 Å². The van der Waals surface area contributed by atoms with Gasteiger partial charge in [0.25, 0.3) is 0 Å². The van der Waals surface area contributed by atoms with E-state index in [1.807, 2.05) is 27.0 Å². The quantitative estimate of drug-likeness (QED) is 0.762. The van der Waals surface area contributed by atoms with Crippen molar-refractivity contribution in [1.82, 2.24) is 0 Å². The maximum Gasteiger partial charge on any atom is 0.0413 e. The second-order valence-corrected chi connectivity index (χ2v) is 2.69. The SMILES string of the molecule is C=Cc1c(CC)cccc1NC.CC. The molecule has 0 heterocycles.